The monoisotopic (exact) mass is 337 g/mol. The average molecular weight is 338 g/mol. The topological polar surface area (TPSA) is 47.4 Å². The largest absolute Gasteiger partial charge is 0.378 e. The van der Waals surface area contributed by atoms with Crippen LogP contribution in [0.1, 0.15) is 21.6 Å². The van der Waals surface area contributed by atoms with Gasteiger partial charge in [0.25, 0.3) is 5.91 Å². The molecule has 2 heterocycles. The predicted molar refractivity (Wildman–Crippen MR) is 84.2 cm³/mol. The van der Waals surface area contributed by atoms with Gasteiger partial charge in [-0.1, -0.05) is 23.7 Å². The summed E-state index contributed by atoms with van der Waals surface area (Å²) in [5.74, 6) is -0.416. The second kappa shape index (κ2) is 6.68. The third-order valence-corrected chi connectivity index (χ3v) is 4.21. The first kappa shape index (κ1) is 16.0. The zero-order valence-electron chi connectivity index (χ0n) is 12.8. The van der Waals surface area contributed by atoms with Crippen molar-refractivity contribution in [1.29, 1.82) is 0 Å². The number of carbonyl (C=O) groups excluding carboxylic acids is 1. The third kappa shape index (κ3) is 3.38. The van der Waals surface area contributed by atoms with Crippen LogP contribution in [-0.2, 0) is 11.3 Å². The Hall–Kier alpha value is -1.92. The van der Waals surface area contributed by atoms with E-state index < -0.39 is 0 Å². The fourth-order valence-electron chi connectivity index (χ4n) is 2.59. The SMILES string of the molecule is Cc1nn(Cc2ccc(F)cc2)c(Cl)c1C(=O)N1CCOCC1. The molecule has 0 radical (unpaired) electrons. The van der Waals surface area contributed by atoms with Crippen molar-refractivity contribution in [2.24, 2.45) is 0 Å². The molecule has 0 N–H and O–H groups in total. The molecule has 122 valence electrons. The zero-order valence-corrected chi connectivity index (χ0v) is 13.5. The summed E-state index contributed by atoms with van der Waals surface area (Å²) in [6.07, 6.45) is 0. The van der Waals surface area contributed by atoms with Crippen molar-refractivity contribution >= 4 is 17.5 Å². The first-order valence-corrected chi connectivity index (χ1v) is 7.78. The summed E-state index contributed by atoms with van der Waals surface area (Å²) >= 11 is 6.37. The van der Waals surface area contributed by atoms with Gasteiger partial charge >= 0.3 is 0 Å². The standard InChI is InChI=1S/C16H17ClFN3O2/c1-11-14(16(22)20-6-8-23-9-7-20)15(17)21(19-11)10-12-2-4-13(18)5-3-12/h2-5H,6-10H2,1H3. The molecule has 1 saturated heterocycles. The molecule has 0 bridgehead atoms. The van der Waals surface area contributed by atoms with Crippen molar-refractivity contribution in [1.82, 2.24) is 14.7 Å². The van der Waals surface area contributed by atoms with Crippen molar-refractivity contribution in [2.45, 2.75) is 13.5 Å². The molecule has 1 amide bonds. The van der Waals surface area contributed by atoms with Crippen LogP contribution in [0.5, 0.6) is 0 Å². The number of hydrogen-bond donors (Lipinski definition) is 0. The Morgan fingerprint density at radius 1 is 1.30 bits per heavy atom. The minimum Gasteiger partial charge on any atom is -0.378 e. The fourth-order valence-corrected chi connectivity index (χ4v) is 2.90. The number of ether oxygens (including phenoxy) is 1. The molecule has 0 spiro atoms. The highest BCUT2D eigenvalue weighted by Gasteiger charge is 2.26. The van der Waals surface area contributed by atoms with E-state index in [0.29, 0.717) is 49.3 Å². The number of aromatic nitrogens is 2. The normalized spacial score (nSPS) is 15.0. The van der Waals surface area contributed by atoms with Gasteiger partial charge in [-0.15, -0.1) is 0 Å². The van der Waals surface area contributed by atoms with Crippen LogP contribution in [0.15, 0.2) is 24.3 Å². The highest BCUT2D eigenvalue weighted by Crippen LogP contribution is 2.23. The number of aryl methyl sites for hydroxylation is 1. The number of hydrogen-bond acceptors (Lipinski definition) is 3. The number of nitrogens with zero attached hydrogens (tertiary/aromatic N) is 3. The van der Waals surface area contributed by atoms with Gasteiger partial charge in [-0.3, -0.25) is 4.79 Å². The van der Waals surface area contributed by atoms with Gasteiger partial charge in [0.2, 0.25) is 0 Å². The van der Waals surface area contributed by atoms with E-state index >= 15 is 0 Å². The molecule has 3 rings (SSSR count). The van der Waals surface area contributed by atoms with E-state index in [1.807, 2.05) is 0 Å². The summed E-state index contributed by atoms with van der Waals surface area (Å²) in [5, 5.41) is 4.66. The van der Waals surface area contributed by atoms with Crippen molar-refractivity contribution < 1.29 is 13.9 Å². The van der Waals surface area contributed by atoms with Gasteiger partial charge in [0, 0.05) is 13.1 Å². The summed E-state index contributed by atoms with van der Waals surface area (Å²) in [4.78, 5) is 14.4. The Morgan fingerprint density at radius 2 is 1.96 bits per heavy atom. The quantitative estimate of drug-likeness (QED) is 0.864. The number of rotatable bonds is 3. The van der Waals surface area contributed by atoms with E-state index in [-0.39, 0.29) is 11.7 Å². The van der Waals surface area contributed by atoms with Gasteiger partial charge in [-0.05, 0) is 24.6 Å². The third-order valence-electron chi connectivity index (χ3n) is 3.82. The molecule has 1 aliphatic heterocycles. The van der Waals surface area contributed by atoms with Crippen molar-refractivity contribution in [3.8, 4) is 0 Å². The van der Waals surface area contributed by atoms with E-state index in [9.17, 15) is 9.18 Å². The second-order valence-electron chi connectivity index (χ2n) is 5.44. The maximum atomic E-state index is 13.0. The van der Waals surface area contributed by atoms with Crippen LogP contribution in [0, 0.1) is 12.7 Å². The molecule has 1 aromatic carbocycles. The summed E-state index contributed by atoms with van der Waals surface area (Å²) in [6.45, 7) is 4.32. The Bertz CT molecular complexity index is 709. The van der Waals surface area contributed by atoms with E-state index in [4.69, 9.17) is 16.3 Å². The van der Waals surface area contributed by atoms with E-state index in [1.54, 1.807) is 28.6 Å². The van der Waals surface area contributed by atoms with Crippen LogP contribution >= 0.6 is 11.6 Å². The van der Waals surface area contributed by atoms with Crippen LogP contribution in [0.25, 0.3) is 0 Å². The maximum Gasteiger partial charge on any atom is 0.259 e. The highest BCUT2D eigenvalue weighted by molar-refractivity contribution is 6.33. The summed E-state index contributed by atoms with van der Waals surface area (Å²) in [6, 6.07) is 6.12. The number of morpholine rings is 1. The minimum atomic E-state index is -0.292. The van der Waals surface area contributed by atoms with Crippen LogP contribution < -0.4 is 0 Å². The number of halogens is 2. The lowest BCUT2D eigenvalue weighted by atomic mass is 10.2. The molecule has 5 nitrogen and oxygen atoms in total. The summed E-state index contributed by atoms with van der Waals surface area (Å²) < 4.78 is 19.8. The molecule has 0 atom stereocenters. The van der Waals surface area contributed by atoms with Crippen LogP contribution in [0.3, 0.4) is 0 Å². The minimum absolute atomic E-state index is 0.124. The van der Waals surface area contributed by atoms with Gasteiger partial charge in [-0.2, -0.15) is 5.10 Å². The van der Waals surface area contributed by atoms with Crippen LogP contribution in [-0.4, -0.2) is 46.9 Å². The van der Waals surface area contributed by atoms with E-state index in [0.717, 1.165) is 5.56 Å². The molecule has 1 aliphatic rings. The smallest absolute Gasteiger partial charge is 0.259 e. The average Bonchev–Trinajstić information content (AvgIpc) is 2.84. The molecule has 7 heteroatoms. The van der Waals surface area contributed by atoms with Crippen molar-refractivity contribution in [3.63, 3.8) is 0 Å². The van der Waals surface area contributed by atoms with Crippen LogP contribution in [0.2, 0.25) is 5.15 Å². The molecule has 1 fully saturated rings. The molecule has 23 heavy (non-hydrogen) atoms. The van der Waals surface area contributed by atoms with E-state index in [1.165, 1.54) is 12.1 Å². The van der Waals surface area contributed by atoms with Gasteiger partial charge < -0.3 is 9.64 Å². The second-order valence-corrected chi connectivity index (χ2v) is 5.80. The van der Waals surface area contributed by atoms with Gasteiger partial charge in [-0.25, -0.2) is 9.07 Å². The summed E-state index contributed by atoms with van der Waals surface area (Å²) in [5.41, 5.74) is 1.88. The van der Waals surface area contributed by atoms with Gasteiger partial charge in [0.05, 0.1) is 31.0 Å². The molecule has 0 saturated carbocycles. The van der Waals surface area contributed by atoms with Gasteiger partial charge in [0.1, 0.15) is 11.0 Å². The Morgan fingerprint density at radius 3 is 2.61 bits per heavy atom. The molecular formula is C16H17ClFN3O2. The maximum absolute atomic E-state index is 13.0. The first-order valence-electron chi connectivity index (χ1n) is 7.40. The molecular weight excluding hydrogens is 321 g/mol. The zero-order chi connectivity index (χ0) is 16.4. The Balaban J connectivity index is 1.83. The number of carbonyl (C=O) groups is 1. The first-order chi connectivity index (χ1) is 11.1. The lowest BCUT2D eigenvalue weighted by Gasteiger charge is -2.26. The van der Waals surface area contributed by atoms with Crippen molar-refractivity contribution in [2.75, 3.05) is 26.3 Å². The summed E-state index contributed by atoms with van der Waals surface area (Å²) in [7, 11) is 0. The molecule has 1 aromatic heterocycles. The fraction of sp³-hybridized carbons (Fsp3) is 0.375. The molecule has 0 aliphatic carbocycles. The van der Waals surface area contributed by atoms with Crippen molar-refractivity contribution in [3.05, 3.63) is 52.1 Å². The molecule has 2 aromatic rings. The lowest BCUT2D eigenvalue weighted by molar-refractivity contribution is 0.0302. The van der Waals surface area contributed by atoms with Crippen LogP contribution in [0.4, 0.5) is 4.39 Å². The molecule has 0 unspecified atom stereocenters. The Labute approximate surface area is 138 Å². The predicted octanol–water partition coefficient (Wildman–Crippen LogP) is 2.50. The van der Waals surface area contributed by atoms with Gasteiger partial charge in [0.15, 0.2) is 0 Å². The lowest BCUT2D eigenvalue weighted by Crippen LogP contribution is -2.40. The number of benzene rings is 1. The van der Waals surface area contributed by atoms with E-state index in [2.05, 4.69) is 5.10 Å². The Kier molecular flexibility index (Phi) is 4.63. The number of amides is 1. The highest BCUT2D eigenvalue weighted by atomic mass is 35.5.